The number of Topliss-reactive ketones (excluding diaryl/α,β-unsaturated/α-hetero) is 1. The van der Waals surface area contributed by atoms with Crippen molar-refractivity contribution in [2.45, 2.75) is 18.8 Å². The second-order valence-electron chi connectivity index (χ2n) is 7.09. The van der Waals surface area contributed by atoms with Crippen molar-refractivity contribution >= 4 is 28.9 Å². The van der Waals surface area contributed by atoms with Gasteiger partial charge in [-0.15, -0.1) is 5.10 Å². The van der Waals surface area contributed by atoms with E-state index in [4.69, 9.17) is 21.1 Å². The van der Waals surface area contributed by atoms with Gasteiger partial charge in [0.15, 0.2) is 11.6 Å². The number of fused-ring (bicyclic) bond motifs is 1. The van der Waals surface area contributed by atoms with Crippen LogP contribution in [-0.2, 0) is 6.42 Å². The van der Waals surface area contributed by atoms with Crippen LogP contribution in [-0.4, -0.2) is 15.6 Å². The highest BCUT2D eigenvalue weighted by Gasteiger charge is 2.34. The van der Waals surface area contributed by atoms with E-state index in [1.807, 2.05) is 71.4 Å². The van der Waals surface area contributed by atoms with E-state index in [1.54, 1.807) is 6.26 Å². The summed E-state index contributed by atoms with van der Waals surface area (Å²) in [5, 5.41) is 8.73. The quantitative estimate of drug-likeness (QED) is 0.469. The summed E-state index contributed by atoms with van der Waals surface area (Å²) in [6, 6.07) is 21.0. The van der Waals surface area contributed by atoms with Crippen LogP contribution in [0.2, 0.25) is 5.02 Å². The van der Waals surface area contributed by atoms with Crippen LogP contribution in [0.1, 0.15) is 34.2 Å². The van der Waals surface area contributed by atoms with Crippen molar-refractivity contribution in [1.29, 1.82) is 0 Å². The molecule has 1 atom stereocenters. The van der Waals surface area contributed by atoms with Crippen molar-refractivity contribution in [2.75, 3.05) is 5.32 Å². The molecule has 0 saturated heterocycles. The number of furan rings is 1. The number of benzene rings is 2. The first-order valence-electron chi connectivity index (χ1n) is 9.45. The second-order valence-corrected chi connectivity index (χ2v) is 7.53. The molecule has 2 aromatic heterocycles. The summed E-state index contributed by atoms with van der Waals surface area (Å²) in [7, 11) is 0. The number of ketones is 1. The number of carbonyl (C=O) groups excluding carboxylic acids is 1. The molecule has 1 aliphatic rings. The van der Waals surface area contributed by atoms with Crippen LogP contribution in [0.5, 0.6) is 0 Å². The highest BCUT2D eigenvalue weighted by Crippen LogP contribution is 2.38. The van der Waals surface area contributed by atoms with Gasteiger partial charge in [0.1, 0.15) is 5.76 Å². The molecule has 0 spiro atoms. The van der Waals surface area contributed by atoms with Gasteiger partial charge in [-0.25, -0.2) is 4.68 Å². The summed E-state index contributed by atoms with van der Waals surface area (Å²) >= 11 is 6.06. The van der Waals surface area contributed by atoms with Crippen LogP contribution >= 0.6 is 11.6 Å². The van der Waals surface area contributed by atoms with Crippen molar-refractivity contribution in [2.24, 2.45) is 0 Å². The third kappa shape index (κ3) is 3.34. The topological polar surface area (TPSA) is 60.1 Å². The predicted molar refractivity (Wildman–Crippen MR) is 112 cm³/mol. The predicted octanol–water partition coefficient (Wildman–Crippen LogP) is 5.78. The third-order valence-corrected chi connectivity index (χ3v) is 5.44. The minimum Gasteiger partial charge on any atom is -0.469 e. The van der Waals surface area contributed by atoms with Gasteiger partial charge in [0.05, 0.1) is 23.2 Å². The van der Waals surface area contributed by atoms with E-state index in [0.717, 1.165) is 22.8 Å². The summed E-state index contributed by atoms with van der Waals surface area (Å²) in [6.07, 6.45) is 2.71. The van der Waals surface area contributed by atoms with Gasteiger partial charge in [-0.3, -0.25) is 4.79 Å². The molecule has 5 rings (SSSR count). The van der Waals surface area contributed by atoms with Crippen molar-refractivity contribution in [3.8, 4) is 5.69 Å². The van der Waals surface area contributed by atoms with E-state index >= 15 is 0 Å². The molecule has 2 aromatic carbocycles. The van der Waals surface area contributed by atoms with Crippen molar-refractivity contribution in [3.63, 3.8) is 0 Å². The smallest absolute Gasteiger partial charge is 0.169 e. The zero-order valence-electron chi connectivity index (χ0n) is 15.5. The molecule has 4 aromatic rings. The fraction of sp³-hybridized carbons (Fsp3) is 0.130. The average molecular weight is 404 g/mol. The number of nitrogens with zero attached hydrogens (tertiary/aromatic N) is 2. The lowest BCUT2D eigenvalue weighted by Crippen LogP contribution is -2.20. The number of carbonyl (C=O) groups is 1. The molecule has 5 nitrogen and oxygen atoms in total. The Labute approximate surface area is 172 Å². The summed E-state index contributed by atoms with van der Waals surface area (Å²) < 4.78 is 7.42. The highest BCUT2D eigenvalue weighted by atomic mass is 35.5. The molecule has 2 heterocycles. The van der Waals surface area contributed by atoms with Crippen LogP contribution in [0.4, 0.5) is 11.5 Å². The molecular weight excluding hydrogens is 386 g/mol. The number of para-hydroxylation sites is 1. The summed E-state index contributed by atoms with van der Waals surface area (Å²) in [5.41, 5.74) is 3.27. The Bertz CT molecular complexity index is 1150. The number of hydrogen-bond acceptors (Lipinski definition) is 4. The van der Waals surface area contributed by atoms with Crippen molar-refractivity contribution in [1.82, 2.24) is 9.78 Å². The minimum atomic E-state index is -0.00248. The number of halogens is 1. The van der Waals surface area contributed by atoms with Gasteiger partial charge in [-0.1, -0.05) is 29.8 Å². The molecular formula is C23H18ClN3O2. The average Bonchev–Trinajstić information content (AvgIpc) is 3.38. The lowest BCUT2D eigenvalue weighted by atomic mass is 9.85. The number of hydrogen-bond donors (Lipinski definition) is 1. The minimum absolute atomic E-state index is 0.00248. The first kappa shape index (κ1) is 17.8. The molecule has 0 bridgehead atoms. The number of rotatable bonds is 4. The maximum Gasteiger partial charge on any atom is 0.169 e. The second kappa shape index (κ2) is 7.26. The van der Waals surface area contributed by atoms with Gasteiger partial charge in [0.25, 0.3) is 0 Å². The van der Waals surface area contributed by atoms with E-state index in [0.29, 0.717) is 29.2 Å². The molecule has 29 heavy (non-hydrogen) atoms. The number of aromatic nitrogens is 2. The Kier molecular flexibility index (Phi) is 4.45. The summed E-state index contributed by atoms with van der Waals surface area (Å²) in [5.74, 6) is 1.46. The first-order valence-corrected chi connectivity index (χ1v) is 9.83. The van der Waals surface area contributed by atoms with Crippen LogP contribution in [0.25, 0.3) is 5.69 Å². The number of anilines is 2. The Hall–Kier alpha value is -3.31. The molecule has 0 fully saturated rings. The fourth-order valence-electron chi connectivity index (χ4n) is 3.83. The van der Waals surface area contributed by atoms with E-state index in [2.05, 4.69) is 5.32 Å². The van der Waals surface area contributed by atoms with E-state index in [-0.39, 0.29) is 11.7 Å². The van der Waals surface area contributed by atoms with Gasteiger partial charge >= 0.3 is 0 Å². The molecule has 1 unspecified atom stereocenters. The Morgan fingerprint density at radius 3 is 2.52 bits per heavy atom. The number of nitrogens with one attached hydrogen (secondary N) is 1. The SMILES string of the molecule is O=C1CC(c2ccco2)Cc2c1c(Nc1ccccc1)nn2-c1ccc(Cl)cc1. The molecule has 0 amide bonds. The highest BCUT2D eigenvalue weighted by molar-refractivity contribution is 6.30. The molecule has 0 radical (unpaired) electrons. The van der Waals surface area contributed by atoms with E-state index < -0.39 is 0 Å². The molecule has 1 N–H and O–H groups in total. The van der Waals surface area contributed by atoms with Crippen LogP contribution in [0.3, 0.4) is 0 Å². The first-order chi connectivity index (χ1) is 14.2. The normalized spacial score (nSPS) is 15.9. The van der Waals surface area contributed by atoms with Gasteiger partial charge < -0.3 is 9.73 Å². The lowest BCUT2D eigenvalue weighted by molar-refractivity contribution is 0.0960. The Morgan fingerprint density at radius 2 is 1.79 bits per heavy atom. The van der Waals surface area contributed by atoms with Gasteiger partial charge in [-0.05, 0) is 48.5 Å². The molecule has 144 valence electrons. The molecule has 0 saturated carbocycles. The summed E-state index contributed by atoms with van der Waals surface area (Å²) in [4.78, 5) is 13.1. The molecule has 6 heteroatoms. The third-order valence-electron chi connectivity index (χ3n) is 5.18. The molecule has 0 aliphatic heterocycles. The largest absolute Gasteiger partial charge is 0.469 e. The van der Waals surface area contributed by atoms with Gasteiger partial charge in [0.2, 0.25) is 0 Å². The van der Waals surface area contributed by atoms with Crippen LogP contribution < -0.4 is 5.32 Å². The lowest BCUT2D eigenvalue weighted by Gasteiger charge is -2.21. The van der Waals surface area contributed by atoms with Gasteiger partial charge in [-0.2, -0.15) is 0 Å². The summed E-state index contributed by atoms with van der Waals surface area (Å²) in [6.45, 7) is 0. The zero-order valence-corrected chi connectivity index (χ0v) is 16.3. The maximum atomic E-state index is 13.1. The Morgan fingerprint density at radius 1 is 1.00 bits per heavy atom. The molecule has 1 aliphatic carbocycles. The monoisotopic (exact) mass is 403 g/mol. The van der Waals surface area contributed by atoms with Crippen LogP contribution in [0, 0.1) is 0 Å². The zero-order chi connectivity index (χ0) is 19.8. The van der Waals surface area contributed by atoms with E-state index in [1.165, 1.54) is 0 Å². The van der Waals surface area contributed by atoms with Gasteiger partial charge in [0, 0.05) is 29.5 Å². The fourth-order valence-corrected chi connectivity index (χ4v) is 3.96. The van der Waals surface area contributed by atoms with Crippen molar-refractivity contribution in [3.05, 3.63) is 95.0 Å². The standard InChI is InChI=1S/C23H18ClN3O2/c24-16-8-10-18(11-9-16)27-19-13-15(21-7-4-12-29-21)14-20(28)22(19)23(26-27)25-17-5-2-1-3-6-17/h1-12,15H,13-14H2,(H,25,26). The van der Waals surface area contributed by atoms with Crippen molar-refractivity contribution < 1.29 is 9.21 Å². The van der Waals surface area contributed by atoms with Crippen LogP contribution in [0.15, 0.2) is 77.4 Å². The maximum absolute atomic E-state index is 13.1. The van der Waals surface area contributed by atoms with E-state index in [9.17, 15) is 4.79 Å². The Balaban J connectivity index is 1.62.